The molecular weight excluding hydrogens is 260 g/mol. The number of carbonyl (C=O) groups is 2. The van der Waals surface area contributed by atoms with Crippen LogP contribution in [-0.4, -0.2) is 24.0 Å². The topological polar surface area (TPSA) is 96.8 Å². The first-order chi connectivity index (χ1) is 9.54. The molecule has 0 saturated carbocycles. The average molecular weight is 274 g/mol. The lowest BCUT2D eigenvalue weighted by Gasteiger charge is -2.18. The molecular formula is C14H14N2O4. The van der Waals surface area contributed by atoms with E-state index in [9.17, 15) is 9.59 Å². The highest BCUT2D eigenvalue weighted by molar-refractivity contribution is 6.07. The van der Waals surface area contributed by atoms with E-state index in [0.29, 0.717) is 11.4 Å². The Morgan fingerprint density at radius 1 is 1.25 bits per heavy atom. The molecule has 3 N–H and O–H groups in total. The van der Waals surface area contributed by atoms with E-state index in [2.05, 4.69) is 0 Å². The number of rotatable bonds is 4. The van der Waals surface area contributed by atoms with Crippen LogP contribution < -0.4 is 10.6 Å². The van der Waals surface area contributed by atoms with Gasteiger partial charge in [0.05, 0.1) is 17.8 Å². The summed E-state index contributed by atoms with van der Waals surface area (Å²) in [7, 11) is 1.49. The van der Waals surface area contributed by atoms with Crippen molar-refractivity contribution in [1.82, 2.24) is 0 Å². The zero-order chi connectivity index (χ0) is 14.7. The molecule has 20 heavy (non-hydrogen) atoms. The highest BCUT2D eigenvalue weighted by Crippen LogP contribution is 2.21. The maximum Gasteiger partial charge on any atom is 0.337 e. The van der Waals surface area contributed by atoms with Crippen molar-refractivity contribution < 1.29 is 19.1 Å². The predicted molar refractivity (Wildman–Crippen MR) is 72.7 cm³/mol. The quantitative estimate of drug-likeness (QED) is 0.884. The lowest BCUT2D eigenvalue weighted by atomic mass is 10.1. The minimum Gasteiger partial charge on any atom is -0.478 e. The summed E-state index contributed by atoms with van der Waals surface area (Å²) < 4.78 is 5.27. The molecule has 0 radical (unpaired) electrons. The minimum absolute atomic E-state index is 0.0500. The number of amides is 1. The van der Waals surface area contributed by atoms with Gasteiger partial charge in [-0.25, -0.2) is 4.79 Å². The zero-order valence-corrected chi connectivity index (χ0v) is 10.9. The van der Waals surface area contributed by atoms with Crippen molar-refractivity contribution in [3.05, 3.63) is 53.5 Å². The summed E-state index contributed by atoms with van der Waals surface area (Å²) >= 11 is 0. The first-order valence-electron chi connectivity index (χ1n) is 5.93. The Morgan fingerprint density at radius 3 is 2.55 bits per heavy atom. The summed E-state index contributed by atoms with van der Waals surface area (Å²) in [6.45, 7) is 0.197. The van der Waals surface area contributed by atoms with Gasteiger partial charge in [-0.2, -0.15) is 0 Å². The summed E-state index contributed by atoms with van der Waals surface area (Å²) in [6.07, 6.45) is 0. The van der Waals surface area contributed by atoms with Crippen LogP contribution in [0.15, 0.2) is 40.8 Å². The van der Waals surface area contributed by atoms with Crippen LogP contribution in [0.5, 0.6) is 0 Å². The Balaban J connectivity index is 2.33. The molecule has 1 heterocycles. The van der Waals surface area contributed by atoms with Crippen molar-refractivity contribution in [3.8, 4) is 0 Å². The highest BCUT2D eigenvalue weighted by atomic mass is 16.4. The molecule has 0 aliphatic carbocycles. The predicted octanol–water partition coefficient (Wildman–Crippen LogP) is 1.71. The van der Waals surface area contributed by atoms with E-state index in [1.54, 1.807) is 24.3 Å². The summed E-state index contributed by atoms with van der Waals surface area (Å²) in [5, 5.41) is 9.13. The van der Waals surface area contributed by atoms with Gasteiger partial charge in [0.2, 0.25) is 0 Å². The molecule has 2 rings (SSSR count). The van der Waals surface area contributed by atoms with Gasteiger partial charge in [-0.1, -0.05) is 12.1 Å². The molecule has 2 aromatic rings. The van der Waals surface area contributed by atoms with Crippen molar-refractivity contribution >= 4 is 17.6 Å². The van der Waals surface area contributed by atoms with Crippen molar-refractivity contribution in [1.29, 1.82) is 0 Å². The van der Waals surface area contributed by atoms with E-state index in [1.165, 1.54) is 24.1 Å². The largest absolute Gasteiger partial charge is 0.478 e. The summed E-state index contributed by atoms with van der Waals surface area (Å²) in [5.41, 5.74) is 5.77. The van der Waals surface area contributed by atoms with Crippen LogP contribution in [0.3, 0.4) is 0 Å². The average Bonchev–Trinajstić information content (AvgIpc) is 2.94. The Labute approximate surface area is 115 Å². The van der Waals surface area contributed by atoms with E-state index < -0.39 is 11.9 Å². The molecule has 0 aliphatic rings. The normalized spacial score (nSPS) is 10.3. The number of anilines is 1. The number of aromatic carboxylic acids is 1. The Bertz CT molecular complexity index is 648. The fourth-order valence-electron chi connectivity index (χ4n) is 1.82. The number of carbonyl (C=O) groups excluding carboxylic acids is 1. The standard InChI is InChI=1S/C14H14N2O4/c1-16(11-5-3-2-4-10(11)14(18)19)13(17)12-7-6-9(8-15)20-12/h2-7H,8,15H2,1H3,(H,18,19). The molecule has 1 aromatic carbocycles. The number of benzene rings is 1. The minimum atomic E-state index is -1.10. The number of hydrogen-bond donors (Lipinski definition) is 2. The molecule has 1 aromatic heterocycles. The Morgan fingerprint density at radius 2 is 1.95 bits per heavy atom. The van der Waals surface area contributed by atoms with Crippen LogP contribution in [0.1, 0.15) is 26.7 Å². The Hall–Kier alpha value is -2.60. The zero-order valence-electron chi connectivity index (χ0n) is 10.9. The van der Waals surface area contributed by atoms with Gasteiger partial charge in [0.1, 0.15) is 5.76 Å². The van der Waals surface area contributed by atoms with Gasteiger partial charge in [-0.05, 0) is 24.3 Å². The molecule has 0 aliphatic heterocycles. The van der Waals surface area contributed by atoms with E-state index in [1.807, 2.05) is 0 Å². The number of para-hydroxylation sites is 1. The molecule has 6 heteroatoms. The fourth-order valence-corrected chi connectivity index (χ4v) is 1.82. The second kappa shape index (κ2) is 5.58. The maximum atomic E-state index is 12.2. The summed E-state index contributed by atoms with van der Waals surface area (Å²) in [4.78, 5) is 24.6. The van der Waals surface area contributed by atoms with Crippen molar-refractivity contribution in [2.45, 2.75) is 6.54 Å². The lowest BCUT2D eigenvalue weighted by molar-refractivity contribution is 0.0697. The van der Waals surface area contributed by atoms with E-state index in [4.69, 9.17) is 15.3 Å². The van der Waals surface area contributed by atoms with Crippen LogP contribution in [0.4, 0.5) is 5.69 Å². The fraction of sp³-hybridized carbons (Fsp3) is 0.143. The second-order valence-electron chi connectivity index (χ2n) is 4.16. The van der Waals surface area contributed by atoms with Crippen LogP contribution in [0.25, 0.3) is 0 Å². The van der Waals surface area contributed by atoms with E-state index >= 15 is 0 Å². The summed E-state index contributed by atoms with van der Waals surface area (Å²) in [6, 6.07) is 9.40. The second-order valence-corrected chi connectivity index (χ2v) is 4.16. The molecule has 104 valence electrons. The summed E-state index contributed by atoms with van der Waals surface area (Å²) in [5.74, 6) is -0.915. The molecule has 6 nitrogen and oxygen atoms in total. The lowest BCUT2D eigenvalue weighted by Crippen LogP contribution is -2.27. The van der Waals surface area contributed by atoms with E-state index in [-0.39, 0.29) is 17.9 Å². The van der Waals surface area contributed by atoms with Crippen LogP contribution >= 0.6 is 0 Å². The van der Waals surface area contributed by atoms with Crippen LogP contribution in [-0.2, 0) is 6.54 Å². The van der Waals surface area contributed by atoms with Crippen molar-refractivity contribution in [2.24, 2.45) is 5.73 Å². The highest BCUT2D eigenvalue weighted by Gasteiger charge is 2.21. The van der Waals surface area contributed by atoms with Gasteiger partial charge in [0.25, 0.3) is 5.91 Å². The van der Waals surface area contributed by atoms with Gasteiger partial charge in [-0.3, -0.25) is 4.79 Å². The first-order valence-corrected chi connectivity index (χ1v) is 5.93. The van der Waals surface area contributed by atoms with Gasteiger partial charge < -0.3 is 20.2 Å². The molecule has 0 saturated heterocycles. The number of carboxylic acids is 1. The molecule has 1 amide bonds. The van der Waals surface area contributed by atoms with E-state index in [0.717, 1.165) is 0 Å². The SMILES string of the molecule is CN(C(=O)c1ccc(CN)o1)c1ccccc1C(=O)O. The maximum absolute atomic E-state index is 12.2. The van der Waals surface area contributed by atoms with Crippen molar-refractivity contribution in [3.63, 3.8) is 0 Å². The number of furan rings is 1. The third-order valence-electron chi connectivity index (χ3n) is 2.87. The van der Waals surface area contributed by atoms with Gasteiger partial charge in [-0.15, -0.1) is 0 Å². The van der Waals surface area contributed by atoms with Gasteiger partial charge in [0.15, 0.2) is 5.76 Å². The number of nitrogens with zero attached hydrogens (tertiary/aromatic N) is 1. The third-order valence-corrected chi connectivity index (χ3v) is 2.87. The molecule has 0 fully saturated rings. The number of nitrogens with two attached hydrogens (primary N) is 1. The van der Waals surface area contributed by atoms with Gasteiger partial charge in [0, 0.05) is 7.05 Å². The molecule has 0 bridgehead atoms. The van der Waals surface area contributed by atoms with Crippen molar-refractivity contribution in [2.75, 3.05) is 11.9 Å². The van der Waals surface area contributed by atoms with Crippen LogP contribution in [0.2, 0.25) is 0 Å². The molecule has 0 atom stereocenters. The first kappa shape index (κ1) is 13.8. The molecule has 0 unspecified atom stereocenters. The molecule has 0 spiro atoms. The van der Waals surface area contributed by atoms with Crippen LogP contribution in [0, 0.1) is 0 Å². The smallest absolute Gasteiger partial charge is 0.337 e. The number of carboxylic acid groups (broad SMARTS) is 1. The Kier molecular flexibility index (Phi) is 3.86. The number of hydrogen-bond acceptors (Lipinski definition) is 4. The van der Waals surface area contributed by atoms with Gasteiger partial charge >= 0.3 is 5.97 Å². The third kappa shape index (κ3) is 2.55. The monoisotopic (exact) mass is 274 g/mol.